The van der Waals surface area contributed by atoms with Crippen LogP contribution in [0.4, 0.5) is 0 Å². The Balaban J connectivity index is 1.91. The molecular formula is C11H18N2OS. The number of nitrogens with one attached hydrogen (secondary N) is 1. The van der Waals surface area contributed by atoms with Crippen molar-refractivity contribution in [3.8, 4) is 0 Å². The highest BCUT2D eigenvalue weighted by molar-refractivity contribution is 7.09. The van der Waals surface area contributed by atoms with Crippen LogP contribution in [0, 0.1) is 5.92 Å². The van der Waals surface area contributed by atoms with E-state index in [1.165, 1.54) is 17.8 Å². The summed E-state index contributed by atoms with van der Waals surface area (Å²) in [5.41, 5.74) is 0.823. The van der Waals surface area contributed by atoms with Gasteiger partial charge in [-0.15, -0.1) is 11.3 Å². The molecule has 15 heavy (non-hydrogen) atoms. The molecule has 1 atom stereocenters. The van der Waals surface area contributed by atoms with Crippen LogP contribution in [-0.4, -0.2) is 23.2 Å². The summed E-state index contributed by atoms with van der Waals surface area (Å²) in [6.45, 7) is 4.04. The molecule has 1 aliphatic rings. The van der Waals surface area contributed by atoms with E-state index in [1.807, 2.05) is 5.38 Å². The number of hydrogen-bond donors (Lipinski definition) is 2. The fourth-order valence-electron chi connectivity index (χ4n) is 1.94. The molecule has 2 N–H and O–H groups in total. The van der Waals surface area contributed by atoms with E-state index in [1.54, 1.807) is 18.3 Å². The Hall–Kier alpha value is -0.450. The van der Waals surface area contributed by atoms with Crippen LogP contribution in [-0.2, 0) is 6.42 Å². The van der Waals surface area contributed by atoms with Gasteiger partial charge < -0.3 is 10.4 Å². The topological polar surface area (TPSA) is 45.1 Å². The third kappa shape index (κ3) is 3.00. The largest absolute Gasteiger partial charge is 0.387 e. The van der Waals surface area contributed by atoms with E-state index in [0.29, 0.717) is 0 Å². The van der Waals surface area contributed by atoms with Crippen LogP contribution in [0.1, 0.15) is 36.6 Å². The van der Waals surface area contributed by atoms with Crippen LogP contribution in [0.25, 0.3) is 0 Å². The molecule has 2 heterocycles. The van der Waals surface area contributed by atoms with Crippen LogP contribution in [0.2, 0.25) is 0 Å². The predicted octanol–water partition coefficient (Wildman–Crippen LogP) is 1.74. The summed E-state index contributed by atoms with van der Waals surface area (Å²) in [6.07, 6.45) is 3.16. The number of nitrogens with zero attached hydrogens (tertiary/aromatic N) is 1. The van der Waals surface area contributed by atoms with Gasteiger partial charge >= 0.3 is 0 Å². The van der Waals surface area contributed by atoms with Crippen LogP contribution in [0.3, 0.4) is 0 Å². The van der Waals surface area contributed by atoms with Gasteiger partial charge in [0.1, 0.15) is 0 Å². The first-order valence-corrected chi connectivity index (χ1v) is 6.46. The Morgan fingerprint density at radius 3 is 2.93 bits per heavy atom. The number of aliphatic hydroxyl groups is 1. The zero-order valence-corrected chi connectivity index (χ0v) is 9.89. The van der Waals surface area contributed by atoms with Crippen molar-refractivity contribution in [1.82, 2.24) is 10.3 Å². The standard InChI is InChI=1S/C11H18N2OS/c1-8(14)10-7-15-11(13-10)6-9-2-4-12-5-3-9/h7-9,12,14H,2-6H2,1H3. The average molecular weight is 226 g/mol. The number of hydrogen-bond acceptors (Lipinski definition) is 4. The summed E-state index contributed by atoms with van der Waals surface area (Å²) in [5.74, 6) is 0.777. The Labute approximate surface area is 94.5 Å². The molecule has 1 unspecified atom stereocenters. The smallest absolute Gasteiger partial charge is 0.0940 e. The van der Waals surface area contributed by atoms with Crippen molar-refractivity contribution in [2.75, 3.05) is 13.1 Å². The molecule has 2 rings (SSSR count). The maximum Gasteiger partial charge on any atom is 0.0940 e. The summed E-state index contributed by atoms with van der Waals surface area (Å²) in [6, 6.07) is 0. The first kappa shape index (κ1) is 11.0. The maximum atomic E-state index is 9.38. The Morgan fingerprint density at radius 1 is 1.60 bits per heavy atom. The highest BCUT2D eigenvalue weighted by Crippen LogP contribution is 2.22. The molecule has 0 bridgehead atoms. The van der Waals surface area contributed by atoms with E-state index < -0.39 is 6.10 Å². The van der Waals surface area contributed by atoms with Crippen molar-refractivity contribution in [2.24, 2.45) is 5.92 Å². The molecule has 0 radical (unpaired) electrons. The molecule has 1 aliphatic heterocycles. The maximum absolute atomic E-state index is 9.38. The predicted molar refractivity (Wildman–Crippen MR) is 62.0 cm³/mol. The molecule has 1 aromatic heterocycles. The van der Waals surface area contributed by atoms with Gasteiger partial charge in [0.25, 0.3) is 0 Å². The van der Waals surface area contributed by atoms with E-state index in [0.717, 1.165) is 31.1 Å². The van der Waals surface area contributed by atoms with Crippen LogP contribution in [0.15, 0.2) is 5.38 Å². The molecule has 0 aliphatic carbocycles. The van der Waals surface area contributed by atoms with Gasteiger partial charge in [-0.25, -0.2) is 4.98 Å². The Morgan fingerprint density at radius 2 is 2.33 bits per heavy atom. The lowest BCUT2D eigenvalue weighted by molar-refractivity contribution is 0.195. The molecule has 1 fully saturated rings. The van der Waals surface area contributed by atoms with Crippen molar-refractivity contribution < 1.29 is 5.11 Å². The minimum absolute atomic E-state index is 0.428. The Bertz CT molecular complexity index is 305. The lowest BCUT2D eigenvalue weighted by Gasteiger charge is -2.21. The summed E-state index contributed by atoms with van der Waals surface area (Å²) < 4.78 is 0. The fourth-order valence-corrected chi connectivity index (χ4v) is 2.94. The van der Waals surface area contributed by atoms with Gasteiger partial charge in [0.15, 0.2) is 0 Å². The SMILES string of the molecule is CC(O)c1csc(CC2CCNCC2)n1. The van der Waals surface area contributed by atoms with Crippen molar-refractivity contribution in [1.29, 1.82) is 0 Å². The lowest BCUT2D eigenvalue weighted by Crippen LogP contribution is -2.28. The second-order valence-electron chi connectivity index (χ2n) is 4.24. The summed E-state index contributed by atoms with van der Waals surface area (Å²) >= 11 is 1.68. The van der Waals surface area contributed by atoms with Crippen molar-refractivity contribution >= 4 is 11.3 Å². The molecule has 0 aromatic carbocycles. The molecule has 0 spiro atoms. The number of thiazole rings is 1. The monoisotopic (exact) mass is 226 g/mol. The molecule has 0 amide bonds. The van der Waals surface area contributed by atoms with Gasteiger partial charge in [-0.3, -0.25) is 0 Å². The first-order valence-electron chi connectivity index (χ1n) is 5.59. The molecule has 1 aromatic rings. The summed E-state index contributed by atoms with van der Waals surface area (Å²) in [4.78, 5) is 4.45. The number of rotatable bonds is 3. The van der Waals surface area contributed by atoms with E-state index in [4.69, 9.17) is 0 Å². The quantitative estimate of drug-likeness (QED) is 0.825. The van der Waals surface area contributed by atoms with Gasteiger partial charge in [-0.2, -0.15) is 0 Å². The third-order valence-corrected chi connectivity index (χ3v) is 3.81. The number of piperidine rings is 1. The van der Waals surface area contributed by atoms with E-state index in [9.17, 15) is 5.11 Å². The lowest BCUT2D eigenvalue weighted by atomic mass is 9.95. The van der Waals surface area contributed by atoms with Crippen LogP contribution < -0.4 is 5.32 Å². The third-order valence-electron chi connectivity index (χ3n) is 2.92. The van der Waals surface area contributed by atoms with Crippen molar-refractivity contribution in [3.63, 3.8) is 0 Å². The van der Waals surface area contributed by atoms with Gasteiger partial charge in [0, 0.05) is 11.8 Å². The second-order valence-corrected chi connectivity index (χ2v) is 5.18. The number of aromatic nitrogens is 1. The summed E-state index contributed by atoms with van der Waals surface area (Å²) in [7, 11) is 0. The normalized spacial score (nSPS) is 20.4. The van der Waals surface area contributed by atoms with E-state index in [2.05, 4.69) is 10.3 Å². The van der Waals surface area contributed by atoms with Crippen molar-refractivity contribution in [3.05, 3.63) is 16.1 Å². The molecular weight excluding hydrogens is 208 g/mol. The first-order chi connectivity index (χ1) is 7.25. The van der Waals surface area contributed by atoms with Gasteiger partial charge in [-0.05, 0) is 38.8 Å². The highest BCUT2D eigenvalue weighted by Gasteiger charge is 2.16. The van der Waals surface area contributed by atoms with Gasteiger partial charge in [0.05, 0.1) is 16.8 Å². The van der Waals surface area contributed by atoms with E-state index in [-0.39, 0.29) is 0 Å². The molecule has 84 valence electrons. The van der Waals surface area contributed by atoms with E-state index >= 15 is 0 Å². The van der Waals surface area contributed by atoms with Crippen LogP contribution in [0.5, 0.6) is 0 Å². The highest BCUT2D eigenvalue weighted by atomic mass is 32.1. The molecule has 1 saturated heterocycles. The minimum atomic E-state index is -0.428. The zero-order chi connectivity index (χ0) is 10.7. The molecule has 3 nitrogen and oxygen atoms in total. The summed E-state index contributed by atoms with van der Waals surface area (Å²) in [5, 5.41) is 15.9. The molecule has 4 heteroatoms. The average Bonchev–Trinajstić information content (AvgIpc) is 2.68. The van der Waals surface area contributed by atoms with Gasteiger partial charge in [0.2, 0.25) is 0 Å². The van der Waals surface area contributed by atoms with Crippen molar-refractivity contribution in [2.45, 2.75) is 32.3 Å². The van der Waals surface area contributed by atoms with Crippen LogP contribution >= 0.6 is 11.3 Å². The Kier molecular flexibility index (Phi) is 3.72. The van der Waals surface area contributed by atoms with Gasteiger partial charge in [-0.1, -0.05) is 0 Å². The number of aliphatic hydroxyl groups excluding tert-OH is 1. The fraction of sp³-hybridized carbons (Fsp3) is 0.727. The minimum Gasteiger partial charge on any atom is -0.387 e. The zero-order valence-electron chi connectivity index (χ0n) is 9.07. The second kappa shape index (κ2) is 5.05. The molecule has 0 saturated carbocycles.